The smallest absolute Gasteiger partial charge is 0.253 e. The summed E-state index contributed by atoms with van der Waals surface area (Å²) in [4.78, 5) is 11.2. The van der Waals surface area contributed by atoms with Gasteiger partial charge in [0.2, 0.25) is 0 Å². The van der Waals surface area contributed by atoms with Crippen molar-refractivity contribution in [2.75, 3.05) is 0 Å². The summed E-state index contributed by atoms with van der Waals surface area (Å²) in [6.45, 7) is 3.65. The SMILES string of the molecule is CC(C)(OCc1ccc(-c2ccc(Cl)cc2)cc1)C(=O)Cl. The molecular weight excluding hydrogens is 307 g/mol. The Morgan fingerprint density at radius 2 is 1.48 bits per heavy atom. The molecule has 0 heterocycles. The van der Waals surface area contributed by atoms with Gasteiger partial charge in [-0.25, -0.2) is 0 Å². The monoisotopic (exact) mass is 322 g/mol. The molecule has 0 saturated heterocycles. The van der Waals surface area contributed by atoms with Crippen LogP contribution in [0.5, 0.6) is 0 Å². The number of carbonyl (C=O) groups excluding carboxylic acids is 1. The Kier molecular flexibility index (Phi) is 5.04. The number of halogens is 2. The van der Waals surface area contributed by atoms with E-state index in [2.05, 4.69) is 0 Å². The van der Waals surface area contributed by atoms with Crippen molar-refractivity contribution in [3.05, 3.63) is 59.1 Å². The molecule has 4 heteroatoms. The van der Waals surface area contributed by atoms with Gasteiger partial charge in [-0.15, -0.1) is 0 Å². The zero-order valence-corrected chi connectivity index (χ0v) is 13.4. The van der Waals surface area contributed by atoms with Crippen molar-refractivity contribution in [1.29, 1.82) is 0 Å². The van der Waals surface area contributed by atoms with Gasteiger partial charge in [0.25, 0.3) is 5.24 Å². The van der Waals surface area contributed by atoms with Crippen LogP contribution < -0.4 is 0 Å². The Balaban J connectivity index is 2.06. The van der Waals surface area contributed by atoms with Crippen molar-refractivity contribution in [2.24, 2.45) is 0 Å². The summed E-state index contributed by atoms with van der Waals surface area (Å²) in [6.07, 6.45) is 0. The fourth-order valence-electron chi connectivity index (χ4n) is 1.76. The molecular formula is C17H16Cl2O2. The number of hydrogen-bond acceptors (Lipinski definition) is 2. The summed E-state index contributed by atoms with van der Waals surface area (Å²) < 4.78 is 5.54. The van der Waals surface area contributed by atoms with Crippen LogP contribution in [0, 0.1) is 0 Å². The molecule has 0 unspecified atom stereocenters. The van der Waals surface area contributed by atoms with E-state index in [1.165, 1.54) is 0 Å². The third-order valence-corrected chi connectivity index (χ3v) is 3.91. The number of benzene rings is 2. The molecule has 2 aromatic carbocycles. The highest BCUT2D eigenvalue weighted by atomic mass is 35.5. The summed E-state index contributed by atoms with van der Waals surface area (Å²) in [7, 11) is 0. The van der Waals surface area contributed by atoms with Gasteiger partial charge in [0.05, 0.1) is 6.61 Å². The number of ether oxygens (including phenoxy) is 1. The number of rotatable bonds is 5. The maximum atomic E-state index is 11.2. The van der Waals surface area contributed by atoms with Crippen LogP contribution in [-0.4, -0.2) is 10.8 Å². The highest BCUT2D eigenvalue weighted by Gasteiger charge is 2.26. The second-order valence-corrected chi connectivity index (χ2v) is 6.06. The first kappa shape index (κ1) is 16.0. The predicted octanol–water partition coefficient (Wildman–Crippen LogP) is 5.07. The maximum absolute atomic E-state index is 11.2. The van der Waals surface area contributed by atoms with E-state index in [1.807, 2.05) is 48.5 Å². The van der Waals surface area contributed by atoms with Gasteiger partial charge in [-0.1, -0.05) is 48.0 Å². The Morgan fingerprint density at radius 3 is 1.95 bits per heavy atom. The lowest BCUT2D eigenvalue weighted by Gasteiger charge is -2.20. The van der Waals surface area contributed by atoms with Gasteiger partial charge in [0.15, 0.2) is 0 Å². The zero-order chi connectivity index (χ0) is 15.5. The van der Waals surface area contributed by atoms with Crippen LogP contribution in [-0.2, 0) is 16.1 Å². The summed E-state index contributed by atoms with van der Waals surface area (Å²) in [5, 5.41) is 0.219. The summed E-state index contributed by atoms with van der Waals surface area (Å²) in [5.41, 5.74) is 2.21. The molecule has 0 aliphatic carbocycles. The van der Waals surface area contributed by atoms with E-state index in [9.17, 15) is 4.79 Å². The Labute approximate surface area is 134 Å². The summed E-state index contributed by atoms with van der Waals surface area (Å²) in [5.74, 6) is 0. The minimum absolute atomic E-state index is 0.340. The molecule has 0 amide bonds. The largest absolute Gasteiger partial charge is 0.362 e. The second-order valence-electron chi connectivity index (χ2n) is 5.28. The van der Waals surface area contributed by atoms with E-state index >= 15 is 0 Å². The molecule has 0 radical (unpaired) electrons. The minimum atomic E-state index is -0.976. The topological polar surface area (TPSA) is 26.3 Å². The highest BCUT2D eigenvalue weighted by molar-refractivity contribution is 6.65. The zero-order valence-electron chi connectivity index (χ0n) is 11.9. The van der Waals surface area contributed by atoms with E-state index in [4.69, 9.17) is 27.9 Å². The molecule has 0 fully saturated rings. The molecule has 0 aliphatic rings. The lowest BCUT2D eigenvalue weighted by atomic mass is 10.0. The molecule has 0 spiro atoms. The van der Waals surface area contributed by atoms with Crippen LogP contribution in [0.3, 0.4) is 0 Å². The van der Waals surface area contributed by atoms with Crippen molar-refractivity contribution in [1.82, 2.24) is 0 Å². The highest BCUT2D eigenvalue weighted by Crippen LogP contribution is 2.23. The van der Waals surface area contributed by atoms with Gasteiger partial charge in [-0.05, 0) is 54.3 Å². The number of hydrogen-bond donors (Lipinski definition) is 0. The number of carbonyl (C=O) groups is 1. The maximum Gasteiger partial charge on any atom is 0.253 e. The fraction of sp³-hybridized carbons (Fsp3) is 0.235. The first-order valence-electron chi connectivity index (χ1n) is 6.57. The quantitative estimate of drug-likeness (QED) is 0.718. The first-order chi connectivity index (χ1) is 9.88. The molecule has 0 bridgehead atoms. The third-order valence-electron chi connectivity index (χ3n) is 3.20. The molecule has 0 N–H and O–H groups in total. The van der Waals surface area contributed by atoms with Gasteiger partial charge in [0.1, 0.15) is 5.60 Å². The Morgan fingerprint density at radius 1 is 1.00 bits per heavy atom. The normalized spacial score (nSPS) is 11.4. The van der Waals surface area contributed by atoms with E-state index in [0.29, 0.717) is 6.61 Å². The summed E-state index contributed by atoms with van der Waals surface area (Å²) in [6, 6.07) is 15.6. The van der Waals surface area contributed by atoms with Gasteiger partial charge >= 0.3 is 0 Å². The van der Waals surface area contributed by atoms with Crippen LogP contribution in [0.2, 0.25) is 5.02 Å². The van der Waals surface area contributed by atoms with Crippen LogP contribution in [0.25, 0.3) is 11.1 Å². The van der Waals surface area contributed by atoms with Gasteiger partial charge in [-0.2, -0.15) is 0 Å². The van der Waals surface area contributed by atoms with Crippen molar-refractivity contribution in [3.63, 3.8) is 0 Å². The average molecular weight is 323 g/mol. The van der Waals surface area contributed by atoms with E-state index < -0.39 is 10.8 Å². The standard InChI is InChI=1S/C17H16Cl2O2/c1-17(2,16(19)20)21-11-12-3-5-13(6-4-12)14-7-9-15(18)10-8-14/h3-10H,11H2,1-2H3. The van der Waals surface area contributed by atoms with Gasteiger partial charge in [-0.3, -0.25) is 4.79 Å². The molecule has 2 nitrogen and oxygen atoms in total. The molecule has 0 saturated carbocycles. The van der Waals surface area contributed by atoms with Crippen molar-refractivity contribution >= 4 is 28.4 Å². The van der Waals surface area contributed by atoms with E-state index in [0.717, 1.165) is 21.7 Å². The van der Waals surface area contributed by atoms with Crippen LogP contribution in [0.15, 0.2) is 48.5 Å². The van der Waals surface area contributed by atoms with Crippen LogP contribution in [0.4, 0.5) is 0 Å². The minimum Gasteiger partial charge on any atom is -0.362 e. The molecule has 110 valence electrons. The molecule has 2 aromatic rings. The van der Waals surface area contributed by atoms with Crippen LogP contribution >= 0.6 is 23.2 Å². The van der Waals surface area contributed by atoms with Crippen molar-refractivity contribution in [3.8, 4) is 11.1 Å². The molecule has 0 aliphatic heterocycles. The predicted molar refractivity (Wildman–Crippen MR) is 86.6 cm³/mol. The van der Waals surface area contributed by atoms with Gasteiger partial charge < -0.3 is 4.74 Å². The fourth-order valence-corrected chi connectivity index (χ4v) is 1.94. The molecule has 2 rings (SSSR count). The van der Waals surface area contributed by atoms with Crippen LogP contribution in [0.1, 0.15) is 19.4 Å². The molecule has 0 aromatic heterocycles. The Hall–Kier alpha value is -1.35. The second kappa shape index (κ2) is 6.61. The molecule has 21 heavy (non-hydrogen) atoms. The third kappa shape index (κ3) is 4.31. The Bertz CT molecular complexity index is 616. The molecule has 0 atom stereocenters. The van der Waals surface area contributed by atoms with Crippen molar-refractivity contribution < 1.29 is 9.53 Å². The van der Waals surface area contributed by atoms with Gasteiger partial charge in [0, 0.05) is 5.02 Å². The van der Waals surface area contributed by atoms with E-state index in [1.54, 1.807) is 13.8 Å². The van der Waals surface area contributed by atoms with Crippen molar-refractivity contribution in [2.45, 2.75) is 26.1 Å². The lowest BCUT2D eigenvalue weighted by molar-refractivity contribution is -0.133. The lowest BCUT2D eigenvalue weighted by Crippen LogP contribution is -2.31. The summed E-state index contributed by atoms with van der Waals surface area (Å²) >= 11 is 11.4. The van der Waals surface area contributed by atoms with E-state index in [-0.39, 0.29) is 0 Å². The average Bonchev–Trinajstić information content (AvgIpc) is 2.46. The first-order valence-corrected chi connectivity index (χ1v) is 7.33.